The summed E-state index contributed by atoms with van der Waals surface area (Å²) in [7, 11) is 0. The van der Waals surface area contributed by atoms with Gasteiger partial charge in [0, 0.05) is 10.8 Å². The molecule has 0 amide bonds. The van der Waals surface area contributed by atoms with Gasteiger partial charge in [-0.25, -0.2) is 0 Å². The van der Waals surface area contributed by atoms with E-state index in [1.807, 2.05) is 0 Å². The summed E-state index contributed by atoms with van der Waals surface area (Å²) >= 11 is 2.14. The standard InChI is InChI=1S/C16H25NS/c1-4-11-17-15(16(3)10-7-12-18-16)14-9-6-5-8-13(14)2/h5-6,8-9,15,17H,4,7,10-12H2,1-3H3. The maximum atomic E-state index is 3.79. The highest BCUT2D eigenvalue weighted by molar-refractivity contribution is 8.00. The molecule has 1 aromatic carbocycles. The van der Waals surface area contributed by atoms with Crippen molar-refractivity contribution in [3.05, 3.63) is 35.4 Å². The van der Waals surface area contributed by atoms with E-state index in [9.17, 15) is 0 Å². The molecule has 1 N–H and O–H groups in total. The molecule has 0 aromatic heterocycles. The lowest BCUT2D eigenvalue weighted by molar-refractivity contribution is 0.412. The van der Waals surface area contributed by atoms with Crippen LogP contribution in [-0.4, -0.2) is 17.0 Å². The Morgan fingerprint density at radius 1 is 1.39 bits per heavy atom. The van der Waals surface area contributed by atoms with Gasteiger partial charge in [-0.05, 0) is 56.5 Å². The Bertz CT molecular complexity index is 382. The van der Waals surface area contributed by atoms with Crippen LogP contribution in [0.25, 0.3) is 0 Å². The molecule has 0 spiro atoms. The van der Waals surface area contributed by atoms with Gasteiger partial charge in [0.25, 0.3) is 0 Å². The largest absolute Gasteiger partial charge is 0.309 e. The maximum absolute atomic E-state index is 3.79. The minimum Gasteiger partial charge on any atom is -0.309 e. The smallest absolute Gasteiger partial charge is 0.0469 e. The van der Waals surface area contributed by atoms with Gasteiger partial charge >= 0.3 is 0 Å². The van der Waals surface area contributed by atoms with Crippen LogP contribution in [0.3, 0.4) is 0 Å². The monoisotopic (exact) mass is 263 g/mol. The van der Waals surface area contributed by atoms with E-state index in [0.29, 0.717) is 10.8 Å². The number of rotatable bonds is 5. The molecule has 2 unspecified atom stereocenters. The molecule has 0 saturated carbocycles. The van der Waals surface area contributed by atoms with E-state index in [-0.39, 0.29) is 0 Å². The third-order valence-electron chi connectivity index (χ3n) is 3.96. The van der Waals surface area contributed by atoms with Gasteiger partial charge in [-0.3, -0.25) is 0 Å². The molecule has 1 aliphatic heterocycles. The highest BCUT2D eigenvalue weighted by Gasteiger charge is 2.38. The highest BCUT2D eigenvalue weighted by Crippen LogP contribution is 2.47. The van der Waals surface area contributed by atoms with E-state index in [1.165, 1.54) is 36.1 Å². The zero-order chi connectivity index (χ0) is 13.0. The predicted molar refractivity (Wildman–Crippen MR) is 82.3 cm³/mol. The lowest BCUT2D eigenvalue weighted by atomic mass is 9.88. The molecule has 1 heterocycles. The Kier molecular flexibility index (Phi) is 4.74. The van der Waals surface area contributed by atoms with Crippen molar-refractivity contribution in [2.24, 2.45) is 0 Å². The van der Waals surface area contributed by atoms with E-state index in [0.717, 1.165) is 6.54 Å². The van der Waals surface area contributed by atoms with E-state index in [4.69, 9.17) is 0 Å². The molecule has 1 aliphatic rings. The molecule has 100 valence electrons. The fourth-order valence-electron chi connectivity index (χ4n) is 2.88. The van der Waals surface area contributed by atoms with Gasteiger partial charge in [-0.2, -0.15) is 11.8 Å². The van der Waals surface area contributed by atoms with Crippen molar-refractivity contribution in [3.63, 3.8) is 0 Å². The van der Waals surface area contributed by atoms with Gasteiger partial charge in [0.1, 0.15) is 0 Å². The molecule has 0 bridgehead atoms. The van der Waals surface area contributed by atoms with Gasteiger partial charge in [0.05, 0.1) is 0 Å². The lowest BCUT2D eigenvalue weighted by Gasteiger charge is -2.35. The molecule has 2 heteroatoms. The first kappa shape index (κ1) is 14.0. The Hall–Kier alpha value is -0.470. The van der Waals surface area contributed by atoms with Gasteiger partial charge in [0.15, 0.2) is 0 Å². The summed E-state index contributed by atoms with van der Waals surface area (Å²) in [5, 5.41) is 3.79. The molecule has 18 heavy (non-hydrogen) atoms. The first-order valence-corrected chi connectivity index (χ1v) is 8.09. The Balaban J connectivity index is 2.27. The number of aryl methyl sites for hydroxylation is 1. The minimum atomic E-state index is 0.362. The summed E-state index contributed by atoms with van der Waals surface area (Å²) in [4.78, 5) is 0. The molecule has 1 saturated heterocycles. The summed E-state index contributed by atoms with van der Waals surface area (Å²) in [5.74, 6) is 1.31. The van der Waals surface area contributed by atoms with E-state index < -0.39 is 0 Å². The van der Waals surface area contributed by atoms with Crippen LogP contribution in [0.1, 0.15) is 50.3 Å². The molecule has 1 fully saturated rings. The summed E-state index contributed by atoms with van der Waals surface area (Å²) in [6.45, 7) is 8.02. The fourth-order valence-corrected chi connectivity index (χ4v) is 4.30. The Labute approximate surface area is 116 Å². The molecular weight excluding hydrogens is 238 g/mol. The molecular formula is C16H25NS. The van der Waals surface area contributed by atoms with Gasteiger partial charge < -0.3 is 5.32 Å². The third-order valence-corrected chi connectivity index (χ3v) is 5.55. The second kappa shape index (κ2) is 6.12. The van der Waals surface area contributed by atoms with Crippen LogP contribution in [0.2, 0.25) is 0 Å². The van der Waals surface area contributed by atoms with Crippen molar-refractivity contribution in [2.75, 3.05) is 12.3 Å². The molecule has 0 radical (unpaired) electrons. The lowest BCUT2D eigenvalue weighted by Crippen LogP contribution is -2.38. The van der Waals surface area contributed by atoms with Gasteiger partial charge in [-0.1, -0.05) is 31.2 Å². The number of hydrogen-bond acceptors (Lipinski definition) is 2. The summed E-state index contributed by atoms with van der Waals surface area (Å²) in [6, 6.07) is 9.34. The van der Waals surface area contributed by atoms with Gasteiger partial charge in [-0.15, -0.1) is 0 Å². The average molecular weight is 263 g/mol. The summed E-state index contributed by atoms with van der Waals surface area (Å²) in [5.41, 5.74) is 2.91. The first-order chi connectivity index (χ1) is 8.67. The van der Waals surface area contributed by atoms with E-state index in [1.54, 1.807) is 0 Å². The average Bonchev–Trinajstić information content (AvgIpc) is 2.80. The second-order valence-electron chi connectivity index (χ2n) is 5.51. The number of thioether (sulfide) groups is 1. The van der Waals surface area contributed by atoms with E-state index >= 15 is 0 Å². The Morgan fingerprint density at radius 2 is 2.17 bits per heavy atom. The van der Waals surface area contributed by atoms with Crippen LogP contribution >= 0.6 is 11.8 Å². The van der Waals surface area contributed by atoms with Crippen molar-refractivity contribution in [1.82, 2.24) is 5.32 Å². The predicted octanol–water partition coefficient (Wildman–Crippen LogP) is 4.32. The highest BCUT2D eigenvalue weighted by atomic mass is 32.2. The summed E-state index contributed by atoms with van der Waals surface area (Å²) in [6.07, 6.45) is 3.88. The Morgan fingerprint density at radius 3 is 2.78 bits per heavy atom. The first-order valence-electron chi connectivity index (χ1n) is 7.10. The quantitative estimate of drug-likeness (QED) is 0.849. The van der Waals surface area contributed by atoms with Crippen molar-refractivity contribution in [2.45, 2.75) is 50.8 Å². The van der Waals surface area contributed by atoms with Crippen LogP contribution in [0.4, 0.5) is 0 Å². The van der Waals surface area contributed by atoms with Crippen LogP contribution in [0.15, 0.2) is 24.3 Å². The zero-order valence-electron chi connectivity index (χ0n) is 11.8. The second-order valence-corrected chi connectivity index (χ2v) is 7.14. The van der Waals surface area contributed by atoms with Gasteiger partial charge in [0.2, 0.25) is 0 Å². The van der Waals surface area contributed by atoms with Crippen LogP contribution < -0.4 is 5.32 Å². The van der Waals surface area contributed by atoms with Crippen molar-refractivity contribution in [3.8, 4) is 0 Å². The number of benzene rings is 1. The van der Waals surface area contributed by atoms with Crippen molar-refractivity contribution in [1.29, 1.82) is 0 Å². The van der Waals surface area contributed by atoms with Crippen molar-refractivity contribution < 1.29 is 0 Å². The van der Waals surface area contributed by atoms with Crippen LogP contribution in [0.5, 0.6) is 0 Å². The zero-order valence-corrected chi connectivity index (χ0v) is 12.6. The fraction of sp³-hybridized carbons (Fsp3) is 0.625. The van der Waals surface area contributed by atoms with Crippen LogP contribution in [0, 0.1) is 6.92 Å². The third kappa shape index (κ3) is 2.92. The topological polar surface area (TPSA) is 12.0 Å². The minimum absolute atomic E-state index is 0.362. The molecule has 1 aromatic rings. The molecule has 2 rings (SSSR count). The molecule has 0 aliphatic carbocycles. The number of nitrogens with one attached hydrogen (secondary N) is 1. The number of hydrogen-bond donors (Lipinski definition) is 1. The molecule has 1 nitrogen and oxygen atoms in total. The molecule has 2 atom stereocenters. The van der Waals surface area contributed by atoms with E-state index in [2.05, 4.69) is 62.1 Å². The SMILES string of the molecule is CCCNC(c1ccccc1C)C1(C)CCCS1. The normalized spacial score (nSPS) is 25.3. The van der Waals surface area contributed by atoms with Crippen LogP contribution in [-0.2, 0) is 0 Å². The maximum Gasteiger partial charge on any atom is 0.0469 e. The van der Waals surface area contributed by atoms with Crippen molar-refractivity contribution >= 4 is 11.8 Å². The summed E-state index contributed by atoms with van der Waals surface area (Å²) < 4.78 is 0.362.